The zero-order valence-corrected chi connectivity index (χ0v) is 11.7. The molecule has 0 bridgehead atoms. The van der Waals surface area contributed by atoms with E-state index in [4.69, 9.17) is 4.74 Å². The number of methoxy groups -OCH3 is 1. The van der Waals surface area contributed by atoms with E-state index in [1.807, 2.05) is 13.0 Å². The van der Waals surface area contributed by atoms with Crippen molar-refractivity contribution in [2.45, 2.75) is 25.9 Å². The van der Waals surface area contributed by atoms with E-state index in [2.05, 4.69) is 10.8 Å². The Morgan fingerprint density at radius 2 is 1.65 bits per heavy atom. The van der Waals surface area contributed by atoms with Gasteiger partial charge in [0.25, 0.3) is 0 Å². The Hall–Kier alpha value is -2.10. The van der Waals surface area contributed by atoms with Gasteiger partial charge in [0.2, 0.25) is 0 Å². The fraction of sp³-hybridized carbons (Fsp3) is 0.375. The molecule has 0 fully saturated rings. The van der Waals surface area contributed by atoms with Gasteiger partial charge in [0.15, 0.2) is 0 Å². The molecular formula is C16H18O4. The molecule has 0 amide bonds. The molecule has 0 saturated carbocycles. The van der Waals surface area contributed by atoms with Crippen molar-refractivity contribution < 1.29 is 19.1 Å². The normalized spacial score (nSPS) is 21.3. The summed E-state index contributed by atoms with van der Waals surface area (Å²) in [6, 6.07) is 6.53. The Kier molecular flexibility index (Phi) is 4.56. The van der Waals surface area contributed by atoms with E-state index >= 15 is 0 Å². The molecule has 4 nitrogen and oxygen atoms in total. The van der Waals surface area contributed by atoms with E-state index in [1.165, 1.54) is 7.11 Å². The Morgan fingerprint density at radius 1 is 1.05 bits per heavy atom. The van der Waals surface area contributed by atoms with Gasteiger partial charge in [-0.25, -0.2) is 9.59 Å². The van der Waals surface area contributed by atoms with Gasteiger partial charge in [-0.2, -0.15) is 0 Å². The van der Waals surface area contributed by atoms with Crippen LogP contribution >= 0.6 is 0 Å². The Morgan fingerprint density at radius 3 is 2.25 bits per heavy atom. The van der Waals surface area contributed by atoms with E-state index in [0.29, 0.717) is 6.42 Å². The van der Waals surface area contributed by atoms with Crippen molar-refractivity contribution >= 4 is 11.9 Å². The standard InChI is InChI=1S/C16H18O4/c1-11-7-3-6-10-14(11)20-16(18)13-9-5-4-8-12(13)15(17)19-2/h3-6,8-9,11,14H,7,10H2,1-2H3. The number of ether oxygens (including phenoxy) is 2. The summed E-state index contributed by atoms with van der Waals surface area (Å²) in [4.78, 5) is 23.9. The summed E-state index contributed by atoms with van der Waals surface area (Å²) in [5.74, 6) is -0.721. The Balaban J connectivity index is 2.17. The lowest BCUT2D eigenvalue weighted by Gasteiger charge is -2.25. The Bertz CT molecular complexity index is 533. The van der Waals surface area contributed by atoms with Gasteiger partial charge in [-0.3, -0.25) is 0 Å². The van der Waals surface area contributed by atoms with Crippen LogP contribution in [-0.2, 0) is 9.47 Å². The maximum absolute atomic E-state index is 12.2. The van der Waals surface area contributed by atoms with Crippen molar-refractivity contribution in [3.63, 3.8) is 0 Å². The van der Waals surface area contributed by atoms with E-state index < -0.39 is 11.9 Å². The zero-order chi connectivity index (χ0) is 14.5. The molecule has 0 aliphatic heterocycles. The molecule has 106 valence electrons. The second kappa shape index (κ2) is 6.37. The predicted molar refractivity (Wildman–Crippen MR) is 74.5 cm³/mol. The molecule has 0 saturated heterocycles. The second-order valence-electron chi connectivity index (χ2n) is 4.90. The number of rotatable bonds is 3. The molecule has 2 unspecified atom stereocenters. The minimum absolute atomic E-state index is 0.141. The van der Waals surface area contributed by atoms with Gasteiger partial charge in [-0.15, -0.1) is 0 Å². The monoisotopic (exact) mass is 274 g/mol. The molecular weight excluding hydrogens is 256 g/mol. The first-order chi connectivity index (χ1) is 9.63. The fourth-order valence-corrected chi connectivity index (χ4v) is 2.24. The average Bonchev–Trinajstić information content (AvgIpc) is 2.48. The van der Waals surface area contributed by atoms with Gasteiger partial charge < -0.3 is 9.47 Å². The molecule has 1 aromatic carbocycles. The van der Waals surface area contributed by atoms with Crippen LogP contribution in [0, 0.1) is 5.92 Å². The van der Waals surface area contributed by atoms with Crippen LogP contribution in [0.1, 0.15) is 40.5 Å². The van der Waals surface area contributed by atoms with Gasteiger partial charge in [-0.1, -0.05) is 31.2 Å². The minimum Gasteiger partial charge on any atom is -0.465 e. The SMILES string of the molecule is COC(=O)c1ccccc1C(=O)OC1CC=CCC1C. The summed E-state index contributed by atoms with van der Waals surface area (Å²) in [6.45, 7) is 2.05. The van der Waals surface area contributed by atoms with Gasteiger partial charge in [-0.05, 0) is 24.5 Å². The summed E-state index contributed by atoms with van der Waals surface area (Å²) in [5.41, 5.74) is 0.486. The number of esters is 2. The van der Waals surface area contributed by atoms with Crippen molar-refractivity contribution in [2.75, 3.05) is 7.11 Å². The van der Waals surface area contributed by atoms with Crippen molar-refractivity contribution in [3.05, 3.63) is 47.5 Å². The molecule has 0 radical (unpaired) electrons. The third kappa shape index (κ3) is 3.07. The maximum atomic E-state index is 12.2. The third-order valence-electron chi connectivity index (χ3n) is 3.49. The molecule has 0 heterocycles. The number of carbonyl (C=O) groups excluding carboxylic acids is 2. The summed E-state index contributed by atoms with van der Waals surface area (Å²) >= 11 is 0. The van der Waals surface area contributed by atoms with Gasteiger partial charge in [0.1, 0.15) is 6.10 Å². The number of carbonyl (C=O) groups is 2. The summed E-state index contributed by atoms with van der Waals surface area (Å²) in [6.07, 6.45) is 5.59. The first-order valence-electron chi connectivity index (χ1n) is 6.66. The minimum atomic E-state index is -0.533. The number of benzene rings is 1. The lowest BCUT2D eigenvalue weighted by Crippen LogP contribution is -2.27. The van der Waals surface area contributed by atoms with Gasteiger partial charge >= 0.3 is 11.9 Å². The van der Waals surface area contributed by atoms with Crippen LogP contribution in [0.5, 0.6) is 0 Å². The van der Waals surface area contributed by atoms with Crippen LogP contribution in [0.3, 0.4) is 0 Å². The molecule has 20 heavy (non-hydrogen) atoms. The highest BCUT2D eigenvalue weighted by molar-refractivity contribution is 6.03. The lowest BCUT2D eigenvalue weighted by atomic mass is 9.93. The Labute approximate surface area is 118 Å². The summed E-state index contributed by atoms with van der Waals surface area (Å²) < 4.78 is 10.2. The molecule has 2 atom stereocenters. The summed E-state index contributed by atoms with van der Waals surface area (Å²) in [5, 5.41) is 0. The van der Waals surface area contributed by atoms with Crippen molar-refractivity contribution in [2.24, 2.45) is 5.92 Å². The molecule has 4 heteroatoms. The van der Waals surface area contributed by atoms with E-state index in [-0.39, 0.29) is 23.1 Å². The highest BCUT2D eigenvalue weighted by atomic mass is 16.5. The lowest BCUT2D eigenvalue weighted by molar-refractivity contribution is 0.0155. The largest absolute Gasteiger partial charge is 0.465 e. The topological polar surface area (TPSA) is 52.6 Å². The van der Waals surface area contributed by atoms with Crippen LogP contribution in [0.2, 0.25) is 0 Å². The molecule has 0 N–H and O–H groups in total. The molecule has 2 rings (SSSR count). The average molecular weight is 274 g/mol. The molecule has 0 spiro atoms. The summed E-state index contributed by atoms with van der Waals surface area (Å²) in [7, 11) is 1.29. The third-order valence-corrected chi connectivity index (χ3v) is 3.49. The predicted octanol–water partition coefficient (Wildman–Crippen LogP) is 2.98. The van der Waals surface area contributed by atoms with E-state index in [1.54, 1.807) is 24.3 Å². The van der Waals surface area contributed by atoms with Gasteiger partial charge in [0, 0.05) is 6.42 Å². The van der Waals surface area contributed by atoms with Crippen LogP contribution in [0.25, 0.3) is 0 Å². The van der Waals surface area contributed by atoms with Crippen molar-refractivity contribution in [3.8, 4) is 0 Å². The van der Waals surface area contributed by atoms with Crippen LogP contribution < -0.4 is 0 Å². The molecule has 1 aliphatic carbocycles. The van der Waals surface area contributed by atoms with Crippen LogP contribution in [-0.4, -0.2) is 25.2 Å². The molecule has 0 aromatic heterocycles. The van der Waals surface area contributed by atoms with Crippen LogP contribution in [0.15, 0.2) is 36.4 Å². The number of allylic oxidation sites excluding steroid dienone is 1. The van der Waals surface area contributed by atoms with E-state index in [9.17, 15) is 9.59 Å². The smallest absolute Gasteiger partial charge is 0.339 e. The van der Waals surface area contributed by atoms with Gasteiger partial charge in [0.05, 0.1) is 18.2 Å². The maximum Gasteiger partial charge on any atom is 0.339 e. The second-order valence-corrected chi connectivity index (χ2v) is 4.90. The van der Waals surface area contributed by atoms with Crippen molar-refractivity contribution in [1.29, 1.82) is 0 Å². The zero-order valence-electron chi connectivity index (χ0n) is 11.7. The first kappa shape index (κ1) is 14.3. The molecule has 1 aromatic rings. The van der Waals surface area contributed by atoms with Crippen molar-refractivity contribution in [1.82, 2.24) is 0 Å². The fourth-order valence-electron chi connectivity index (χ4n) is 2.24. The number of hydrogen-bond acceptors (Lipinski definition) is 4. The van der Waals surface area contributed by atoms with Crippen LogP contribution in [0.4, 0.5) is 0 Å². The first-order valence-corrected chi connectivity index (χ1v) is 6.66. The van der Waals surface area contributed by atoms with E-state index in [0.717, 1.165) is 6.42 Å². The highest BCUT2D eigenvalue weighted by Crippen LogP contribution is 2.23. The highest BCUT2D eigenvalue weighted by Gasteiger charge is 2.25. The molecule has 1 aliphatic rings. The quantitative estimate of drug-likeness (QED) is 0.628. The number of hydrogen-bond donors (Lipinski definition) is 0.